The molecule has 0 atom stereocenters. The number of ether oxygens (including phenoxy) is 1. The van der Waals surface area contributed by atoms with Crippen LogP contribution in [0.1, 0.15) is 32.6 Å². The van der Waals surface area contributed by atoms with Crippen molar-refractivity contribution in [2.75, 3.05) is 5.73 Å². The molecule has 0 amide bonds. The van der Waals surface area contributed by atoms with Gasteiger partial charge in [-0.25, -0.2) is 0 Å². The molecule has 0 saturated heterocycles. The number of rotatable bonds is 2. The summed E-state index contributed by atoms with van der Waals surface area (Å²) in [6, 6.07) is 1.84. The Hall–Kier alpha value is -1.25. The van der Waals surface area contributed by atoms with Gasteiger partial charge in [0.05, 0.1) is 18.0 Å². The van der Waals surface area contributed by atoms with Crippen molar-refractivity contribution in [3.63, 3.8) is 0 Å². The third-order valence-corrected chi connectivity index (χ3v) is 3.07. The van der Waals surface area contributed by atoms with Crippen LogP contribution in [0.15, 0.2) is 18.5 Å². The smallest absolute Gasteiger partial charge is 0.145 e. The van der Waals surface area contributed by atoms with E-state index in [4.69, 9.17) is 10.5 Å². The lowest BCUT2D eigenvalue weighted by Crippen LogP contribution is -2.23. The van der Waals surface area contributed by atoms with E-state index in [2.05, 4.69) is 11.9 Å². The molecular formula is C12H18N2O. The van der Waals surface area contributed by atoms with E-state index in [0.717, 1.165) is 24.5 Å². The molecule has 2 N–H and O–H groups in total. The molecule has 0 aliphatic heterocycles. The molecular weight excluding hydrogens is 188 g/mol. The summed E-state index contributed by atoms with van der Waals surface area (Å²) in [6.07, 6.45) is 8.50. The molecule has 1 aromatic heterocycles. The monoisotopic (exact) mass is 206 g/mol. The van der Waals surface area contributed by atoms with Gasteiger partial charge in [0, 0.05) is 12.3 Å². The molecule has 1 aliphatic carbocycles. The Morgan fingerprint density at radius 1 is 1.33 bits per heavy atom. The lowest BCUT2D eigenvalue weighted by atomic mass is 9.89. The van der Waals surface area contributed by atoms with Gasteiger partial charge in [0.25, 0.3) is 0 Å². The van der Waals surface area contributed by atoms with Gasteiger partial charge >= 0.3 is 0 Å². The summed E-state index contributed by atoms with van der Waals surface area (Å²) < 4.78 is 5.87. The molecule has 3 nitrogen and oxygen atoms in total. The third-order valence-electron chi connectivity index (χ3n) is 3.07. The normalized spacial score (nSPS) is 26.2. The molecule has 1 heterocycles. The zero-order valence-electron chi connectivity index (χ0n) is 9.15. The van der Waals surface area contributed by atoms with Crippen molar-refractivity contribution in [3.8, 4) is 5.75 Å². The van der Waals surface area contributed by atoms with Crippen molar-refractivity contribution in [3.05, 3.63) is 18.5 Å². The van der Waals surface area contributed by atoms with E-state index in [1.165, 1.54) is 12.8 Å². The summed E-state index contributed by atoms with van der Waals surface area (Å²) in [5.41, 5.74) is 6.41. The van der Waals surface area contributed by atoms with Gasteiger partial charge in [0.2, 0.25) is 0 Å². The number of aromatic nitrogens is 1. The Labute approximate surface area is 90.7 Å². The van der Waals surface area contributed by atoms with Gasteiger partial charge in [0.1, 0.15) is 5.75 Å². The molecule has 1 aromatic rings. The third kappa shape index (κ3) is 2.61. The average molecular weight is 206 g/mol. The van der Waals surface area contributed by atoms with Gasteiger partial charge in [-0.15, -0.1) is 0 Å². The van der Waals surface area contributed by atoms with E-state index in [-0.39, 0.29) is 0 Å². The Bertz CT molecular complexity index is 319. The second-order valence-electron chi connectivity index (χ2n) is 4.41. The first-order chi connectivity index (χ1) is 7.25. The van der Waals surface area contributed by atoms with Crippen molar-refractivity contribution in [1.82, 2.24) is 4.98 Å². The number of anilines is 1. The van der Waals surface area contributed by atoms with Crippen LogP contribution in [0, 0.1) is 5.92 Å². The Morgan fingerprint density at radius 3 is 2.73 bits per heavy atom. The van der Waals surface area contributed by atoms with E-state index >= 15 is 0 Å². The molecule has 0 aromatic carbocycles. The number of hydrogen-bond donors (Lipinski definition) is 1. The van der Waals surface area contributed by atoms with Crippen LogP contribution in [-0.2, 0) is 0 Å². The minimum Gasteiger partial charge on any atom is -0.488 e. The lowest BCUT2D eigenvalue weighted by molar-refractivity contribution is 0.136. The van der Waals surface area contributed by atoms with Gasteiger partial charge in [0.15, 0.2) is 0 Å². The Balaban J connectivity index is 1.95. The minimum absolute atomic E-state index is 0.339. The van der Waals surface area contributed by atoms with Crippen LogP contribution < -0.4 is 10.5 Å². The van der Waals surface area contributed by atoms with Crippen molar-refractivity contribution in [1.29, 1.82) is 0 Å². The van der Waals surface area contributed by atoms with Crippen LogP contribution in [0.3, 0.4) is 0 Å². The Kier molecular flexibility index (Phi) is 3.09. The minimum atomic E-state index is 0.339. The van der Waals surface area contributed by atoms with Gasteiger partial charge in [-0.05, 0) is 31.6 Å². The SMILES string of the molecule is CC1CCC(Oc2ccncc2N)CC1. The molecule has 0 unspecified atom stereocenters. The summed E-state index contributed by atoms with van der Waals surface area (Å²) >= 11 is 0. The highest BCUT2D eigenvalue weighted by Crippen LogP contribution is 2.29. The molecule has 0 radical (unpaired) electrons. The summed E-state index contributed by atoms with van der Waals surface area (Å²) in [7, 11) is 0. The highest BCUT2D eigenvalue weighted by atomic mass is 16.5. The molecule has 1 aliphatic rings. The van der Waals surface area contributed by atoms with Crippen LogP contribution in [0.25, 0.3) is 0 Å². The van der Waals surface area contributed by atoms with Gasteiger partial charge in [-0.2, -0.15) is 0 Å². The topological polar surface area (TPSA) is 48.1 Å². The number of nitrogens with zero attached hydrogens (tertiary/aromatic N) is 1. The van der Waals surface area contributed by atoms with Crippen molar-refractivity contribution >= 4 is 5.69 Å². The summed E-state index contributed by atoms with van der Waals surface area (Å²) in [5.74, 6) is 1.63. The highest BCUT2D eigenvalue weighted by Gasteiger charge is 2.19. The zero-order chi connectivity index (χ0) is 10.7. The molecule has 82 valence electrons. The summed E-state index contributed by atoms with van der Waals surface area (Å²) in [6.45, 7) is 2.30. The summed E-state index contributed by atoms with van der Waals surface area (Å²) in [5, 5.41) is 0. The van der Waals surface area contributed by atoms with E-state index in [0.29, 0.717) is 11.8 Å². The molecule has 1 saturated carbocycles. The maximum Gasteiger partial charge on any atom is 0.145 e. The predicted molar refractivity (Wildman–Crippen MR) is 60.7 cm³/mol. The van der Waals surface area contributed by atoms with Crippen molar-refractivity contribution in [2.24, 2.45) is 5.92 Å². The first-order valence-electron chi connectivity index (χ1n) is 5.62. The fraction of sp³-hybridized carbons (Fsp3) is 0.583. The molecule has 0 spiro atoms. The second kappa shape index (κ2) is 4.51. The fourth-order valence-corrected chi connectivity index (χ4v) is 2.03. The van der Waals surface area contributed by atoms with Crippen LogP contribution in [0.2, 0.25) is 0 Å². The highest BCUT2D eigenvalue weighted by molar-refractivity contribution is 5.49. The van der Waals surface area contributed by atoms with Gasteiger partial charge < -0.3 is 10.5 Å². The maximum absolute atomic E-state index is 5.87. The van der Waals surface area contributed by atoms with Crippen LogP contribution >= 0.6 is 0 Å². The molecule has 15 heavy (non-hydrogen) atoms. The largest absolute Gasteiger partial charge is 0.488 e. The van der Waals surface area contributed by atoms with Crippen molar-refractivity contribution in [2.45, 2.75) is 38.7 Å². The van der Waals surface area contributed by atoms with Crippen molar-refractivity contribution < 1.29 is 4.74 Å². The molecule has 0 bridgehead atoms. The second-order valence-corrected chi connectivity index (χ2v) is 4.41. The molecule has 1 fully saturated rings. The average Bonchev–Trinajstić information content (AvgIpc) is 2.25. The number of nitrogen functional groups attached to an aromatic ring is 1. The first kappa shape index (κ1) is 10.3. The number of hydrogen-bond acceptors (Lipinski definition) is 3. The zero-order valence-corrected chi connectivity index (χ0v) is 9.15. The van der Waals surface area contributed by atoms with E-state index in [1.807, 2.05) is 6.07 Å². The number of nitrogens with two attached hydrogens (primary N) is 1. The van der Waals surface area contributed by atoms with E-state index in [9.17, 15) is 0 Å². The van der Waals surface area contributed by atoms with E-state index in [1.54, 1.807) is 12.4 Å². The summed E-state index contributed by atoms with van der Waals surface area (Å²) in [4.78, 5) is 3.95. The number of pyridine rings is 1. The fourth-order valence-electron chi connectivity index (χ4n) is 2.03. The van der Waals surface area contributed by atoms with Gasteiger partial charge in [-0.3, -0.25) is 4.98 Å². The van der Waals surface area contributed by atoms with Crippen LogP contribution in [-0.4, -0.2) is 11.1 Å². The van der Waals surface area contributed by atoms with Gasteiger partial charge in [-0.1, -0.05) is 6.92 Å². The maximum atomic E-state index is 5.87. The predicted octanol–water partition coefficient (Wildman–Crippen LogP) is 2.62. The lowest BCUT2D eigenvalue weighted by Gasteiger charge is -2.27. The standard InChI is InChI=1S/C12H18N2O/c1-9-2-4-10(5-3-9)15-12-6-7-14-8-11(12)13/h6-10H,2-5,13H2,1H3. The van der Waals surface area contributed by atoms with Crippen LogP contribution in [0.4, 0.5) is 5.69 Å². The molecule has 2 rings (SSSR count). The molecule has 3 heteroatoms. The Morgan fingerprint density at radius 2 is 2.07 bits per heavy atom. The quantitative estimate of drug-likeness (QED) is 0.809. The van der Waals surface area contributed by atoms with Crippen LogP contribution in [0.5, 0.6) is 5.75 Å². The van der Waals surface area contributed by atoms with E-state index < -0.39 is 0 Å². The first-order valence-corrected chi connectivity index (χ1v) is 5.62.